The Kier molecular flexibility index (Phi) is 8.34. The first kappa shape index (κ1) is 28.8. The zero-order valence-corrected chi connectivity index (χ0v) is 22.4. The first-order chi connectivity index (χ1) is 18.5. The van der Waals surface area contributed by atoms with Crippen LogP contribution in [0.4, 0.5) is 0 Å². The number of aliphatic hydroxyl groups excluding tert-OH is 4. The standard InChI is InChI=1S/C28H42N2O9/c1-13-9-16-21(17(32)10-13)24(34)22-15(23(16)33)3-2-4-18(22)38-27-26(36)28(37,25(35)19(12-31)39-27)7-5-14-6-8-30-20(29)11-14/h9-10,14-16,18-22,25-27,30-32,35-37H,2-8,11-12,29H2,1H3/p+1. The van der Waals surface area contributed by atoms with Crippen molar-refractivity contribution in [2.75, 3.05) is 13.2 Å². The summed E-state index contributed by atoms with van der Waals surface area (Å²) in [4.78, 5) is 27.1. The molecule has 2 heterocycles. The van der Waals surface area contributed by atoms with E-state index in [1.165, 1.54) is 6.08 Å². The highest BCUT2D eigenvalue weighted by atomic mass is 16.7. The van der Waals surface area contributed by atoms with Crippen molar-refractivity contribution in [1.82, 2.24) is 0 Å². The van der Waals surface area contributed by atoms with Gasteiger partial charge in [-0.05, 0) is 51.0 Å². The SMILES string of the molecule is CC1=CC2C(=O)C3CCCC(OC4OC(CO)C(O)C(O)(CCC5CC[NH2+]C(N)C5)C4O)C3C(=O)C2C(O)=C1. The number of quaternary nitrogens is 1. The number of aliphatic hydroxyl groups is 5. The third kappa shape index (κ3) is 5.24. The molecule has 4 fully saturated rings. The molecule has 12 unspecified atom stereocenters. The van der Waals surface area contributed by atoms with E-state index in [2.05, 4.69) is 5.32 Å². The second-order valence-electron chi connectivity index (χ2n) is 12.2. The molecule has 0 aromatic heterocycles. The highest BCUT2D eigenvalue weighted by molar-refractivity contribution is 6.02. The number of hydrogen-bond donors (Lipinski definition) is 7. The molecule has 11 heteroatoms. The maximum atomic E-state index is 13.7. The number of fused-ring (bicyclic) bond motifs is 2. The molecule has 0 aromatic rings. The molecule has 0 spiro atoms. The van der Waals surface area contributed by atoms with Crippen LogP contribution in [0.3, 0.4) is 0 Å². The fourth-order valence-corrected chi connectivity index (χ4v) is 7.58. The van der Waals surface area contributed by atoms with Gasteiger partial charge in [-0.2, -0.15) is 0 Å². The van der Waals surface area contributed by atoms with Crippen molar-refractivity contribution in [1.29, 1.82) is 0 Å². The number of carbonyl (C=O) groups is 2. The average molecular weight is 552 g/mol. The van der Waals surface area contributed by atoms with Crippen LogP contribution >= 0.6 is 0 Å². The molecule has 0 amide bonds. The minimum absolute atomic E-state index is 0.0309. The molecule has 0 radical (unpaired) electrons. The monoisotopic (exact) mass is 551 g/mol. The van der Waals surface area contributed by atoms with E-state index in [0.29, 0.717) is 25.7 Å². The molecule has 39 heavy (non-hydrogen) atoms. The Morgan fingerprint density at radius 2 is 1.95 bits per heavy atom. The van der Waals surface area contributed by atoms with E-state index >= 15 is 0 Å². The fraction of sp³-hybridized carbons (Fsp3) is 0.786. The van der Waals surface area contributed by atoms with Crippen LogP contribution in [0, 0.1) is 29.6 Å². The molecular formula is C28H43N2O9+. The maximum Gasteiger partial charge on any atom is 0.187 e. The van der Waals surface area contributed by atoms with Crippen LogP contribution in [0.1, 0.15) is 51.9 Å². The van der Waals surface area contributed by atoms with Gasteiger partial charge in [-0.1, -0.05) is 18.1 Å². The lowest BCUT2D eigenvalue weighted by Gasteiger charge is -2.50. The quantitative estimate of drug-likeness (QED) is 0.210. The number of ketones is 2. The van der Waals surface area contributed by atoms with Gasteiger partial charge in [-0.15, -0.1) is 0 Å². The summed E-state index contributed by atoms with van der Waals surface area (Å²) in [6, 6.07) is 0. The number of piperidine rings is 1. The smallest absolute Gasteiger partial charge is 0.187 e. The van der Waals surface area contributed by atoms with Gasteiger partial charge in [-0.3, -0.25) is 15.3 Å². The number of nitrogens with two attached hydrogens (primary N) is 2. The highest BCUT2D eigenvalue weighted by Gasteiger charge is 2.58. The van der Waals surface area contributed by atoms with E-state index in [-0.39, 0.29) is 35.8 Å². The minimum atomic E-state index is -2.01. The van der Waals surface area contributed by atoms with Gasteiger partial charge in [0.2, 0.25) is 0 Å². The van der Waals surface area contributed by atoms with Gasteiger partial charge in [0.05, 0.1) is 37.0 Å². The fourth-order valence-electron chi connectivity index (χ4n) is 7.58. The molecule has 3 aliphatic carbocycles. The summed E-state index contributed by atoms with van der Waals surface area (Å²) in [7, 11) is 0. The first-order valence-electron chi connectivity index (χ1n) is 14.3. The van der Waals surface area contributed by atoms with E-state index in [1.807, 2.05) is 0 Å². The predicted molar refractivity (Wildman–Crippen MR) is 137 cm³/mol. The van der Waals surface area contributed by atoms with Crippen LogP contribution < -0.4 is 11.1 Å². The molecular weight excluding hydrogens is 508 g/mol. The van der Waals surface area contributed by atoms with Gasteiger partial charge in [-0.25, -0.2) is 0 Å². The molecule has 9 N–H and O–H groups in total. The normalized spacial score (nSPS) is 46.7. The van der Waals surface area contributed by atoms with Crippen LogP contribution in [0.5, 0.6) is 0 Å². The number of ether oxygens (including phenoxy) is 2. The Balaban J connectivity index is 1.35. The first-order valence-corrected chi connectivity index (χ1v) is 14.3. The van der Waals surface area contributed by atoms with Crippen LogP contribution in [0.15, 0.2) is 23.5 Å². The summed E-state index contributed by atoms with van der Waals surface area (Å²) < 4.78 is 11.9. The molecule has 12 atom stereocenters. The zero-order valence-electron chi connectivity index (χ0n) is 22.4. The van der Waals surface area contributed by atoms with Crippen molar-refractivity contribution in [3.8, 4) is 0 Å². The Hall–Kier alpha value is -1.70. The molecule has 0 bridgehead atoms. The van der Waals surface area contributed by atoms with Gasteiger partial charge < -0.3 is 40.3 Å². The highest BCUT2D eigenvalue weighted by Crippen LogP contribution is 2.47. The molecule has 5 aliphatic rings. The van der Waals surface area contributed by atoms with Crippen molar-refractivity contribution in [2.45, 2.75) is 94.3 Å². The van der Waals surface area contributed by atoms with Gasteiger partial charge in [0, 0.05) is 12.3 Å². The summed E-state index contributed by atoms with van der Waals surface area (Å²) in [5, 5.41) is 56.3. The molecule has 2 saturated carbocycles. The second-order valence-corrected chi connectivity index (χ2v) is 12.2. The summed E-state index contributed by atoms with van der Waals surface area (Å²) in [5.41, 5.74) is 4.78. The molecule has 0 aromatic carbocycles. The Labute approximate surface area is 228 Å². The Morgan fingerprint density at radius 1 is 1.18 bits per heavy atom. The van der Waals surface area contributed by atoms with E-state index in [9.17, 15) is 35.1 Å². The Bertz CT molecular complexity index is 1020. The summed E-state index contributed by atoms with van der Waals surface area (Å²) in [6.07, 6.45) is 0.327. The van der Waals surface area contributed by atoms with Gasteiger partial charge in [0.1, 0.15) is 41.6 Å². The second kappa shape index (κ2) is 11.3. The summed E-state index contributed by atoms with van der Waals surface area (Å²) in [5.74, 6) is -3.39. The number of allylic oxidation sites excluding steroid dienone is 4. The average Bonchev–Trinajstić information content (AvgIpc) is 2.90. The van der Waals surface area contributed by atoms with Gasteiger partial charge >= 0.3 is 0 Å². The van der Waals surface area contributed by atoms with Crippen LogP contribution in [-0.2, 0) is 19.1 Å². The van der Waals surface area contributed by atoms with Crippen molar-refractivity contribution in [3.05, 3.63) is 23.5 Å². The van der Waals surface area contributed by atoms with E-state index in [4.69, 9.17) is 15.2 Å². The molecule has 11 nitrogen and oxygen atoms in total. The number of hydrogen-bond acceptors (Lipinski definition) is 10. The Morgan fingerprint density at radius 3 is 2.67 bits per heavy atom. The van der Waals surface area contributed by atoms with E-state index < -0.39 is 66.6 Å². The maximum absolute atomic E-state index is 13.7. The largest absolute Gasteiger partial charge is 0.512 e. The number of Topliss-reactive ketones (excluding diaryl/α,β-unsaturated/α-hetero) is 2. The lowest BCUT2D eigenvalue weighted by Crippen LogP contribution is -2.94. The molecule has 218 valence electrons. The summed E-state index contributed by atoms with van der Waals surface area (Å²) >= 11 is 0. The zero-order chi connectivity index (χ0) is 28.1. The number of carbonyl (C=O) groups excluding carboxylic acids is 2. The third-order valence-electron chi connectivity index (χ3n) is 9.70. The van der Waals surface area contributed by atoms with Crippen molar-refractivity contribution in [2.24, 2.45) is 35.3 Å². The van der Waals surface area contributed by atoms with Crippen molar-refractivity contribution >= 4 is 11.6 Å². The lowest BCUT2D eigenvalue weighted by atomic mass is 9.59. The van der Waals surface area contributed by atoms with Crippen LogP contribution in [0.2, 0.25) is 0 Å². The molecule has 5 rings (SSSR count). The van der Waals surface area contributed by atoms with Crippen LogP contribution in [0.25, 0.3) is 0 Å². The van der Waals surface area contributed by atoms with Crippen molar-refractivity contribution in [3.63, 3.8) is 0 Å². The lowest BCUT2D eigenvalue weighted by molar-refractivity contribution is -0.699. The van der Waals surface area contributed by atoms with Crippen molar-refractivity contribution < 1.29 is 49.9 Å². The minimum Gasteiger partial charge on any atom is -0.512 e. The summed E-state index contributed by atoms with van der Waals surface area (Å²) in [6.45, 7) is 2.03. The van der Waals surface area contributed by atoms with Gasteiger partial charge in [0.25, 0.3) is 0 Å². The predicted octanol–water partition coefficient (Wildman–Crippen LogP) is -1.22. The van der Waals surface area contributed by atoms with Gasteiger partial charge in [0.15, 0.2) is 12.1 Å². The topological polar surface area (TPSA) is 196 Å². The van der Waals surface area contributed by atoms with E-state index in [1.54, 1.807) is 13.0 Å². The van der Waals surface area contributed by atoms with E-state index in [0.717, 1.165) is 25.0 Å². The van der Waals surface area contributed by atoms with Crippen LogP contribution in [-0.4, -0.2) is 92.7 Å². The number of rotatable bonds is 6. The molecule has 2 saturated heterocycles. The molecule has 2 aliphatic heterocycles. The third-order valence-corrected chi connectivity index (χ3v) is 9.70.